The lowest BCUT2D eigenvalue weighted by molar-refractivity contribution is 0.112. The number of hydrogen-bond acceptors (Lipinski definition) is 4. The van der Waals surface area contributed by atoms with Crippen molar-refractivity contribution in [2.24, 2.45) is 0 Å². The fraction of sp³-hybridized carbons (Fsp3) is 0.333. The predicted molar refractivity (Wildman–Crippen MR) is 142 cm³/mol. The first-order valence-electron chi connectivity index (χ1n) is 12.0. The van der Waals surface area contributed by atoms with Gasteiger partial charge in [-0.05, 0) is 81.2 Å². The third-order valence-electron chi connectivity index (χ3n) is 6.58. The molecular formula is C30H37N3O. The van der Waals surface area contributed by atoms with Crippen LogP contribution in [0.1, 0.15) is 39.9 Å². The van der Waals surface area contributed by atoms with E-state index in [1.165, 1.54) is 65.6 Å². The SMILES string of the molecule is C=C(Cc1ccc(-c2cccc(C)c2)c(C)c1)N(C)C1CCN(C)CC1.O=Cc1cccnc1. The Morgan fingerprint density at radius 2 is 1.88 bits per heavy atom. The van der Waals surface area contributed by atoms with E-state index in [0.29, 0.717) is 11.6 Å². The highest BCUT2D eigenvalue weighted by Crippen LogP contribution is 2.26. The second kappa shape index (κ2) is 12.3. The largest absolute Gasteiger partial charge is 0.375 e. The Hall–Kier alpha value is -3.24. The minimum atomic E-state index is 0.618. The number of likely N-dealkylation sites (N-methyl/N-ethyl adjacent to an activating group) is 1. The molecule has 2 heterocycles. The average molecular weight is 456 g/mol. The lowest BCUT2D eigenvalue weighted by atomic mass is 9.95. The first-order valence-corrected chi connectivity index (χ1v) is 12.0. The van der Waals surface area contributed by atoms with Gasteiger partial charge in [0, 0.05) is 43.2 Å². The van der Waals surface area contributed by atoms with E-state index < -0.39 is 0 Å². The summed E-state index contributed by atoms with van der Waals surface area (Å²) in [5.74, 6) is 0. The van der Waals surface area contributed by atoms with E-state index in [1.54, 1.807) is 18.3 Å². The number of likely N-dealkylation sites (tertiary alicyclic amines) is 1. The van der Waals surface area contributed by atoms with E-state index in [9.17, 15) is 4.79 Å². The van der Waals surface area contributed by atoms with Gasteiger partial charge in [0.15, 0.2) is 6.29 Å². The fourth-order valence-electron chi connectivity index (χ4n) is 4.42. The molecule has 0 radical (unpaired) electrons. The lowest BCUT2D eigenvalue weighted by Gasteiger charge is -2.37. The molecule has 0 unspecified atom stereocenters. The highest BCUT2D eigenvalue weighted by atomic mass is 16.1. The number of benzene rings is 2. The Morgan fingerprint density at radius 1 is 1.12 bits per heavy atom. The second-order valence-corrected chi connectivity index (χ2v) is 9.31. The van der Waals surface area contributed by atoms with E-state index in [-0.39, 0.29) is 0 Å². The molecule has 4 rings (SSSR count). The maximum absolute atomic E-state index is 9.97. The smallest absolute Gasteiger partial charge is 0.151 e. The number of nitrogens with zero attached hydrogens (tertiary/aromatic N) is 3. The van der Waals surface area contributed by atoms with Gasteiger partial charge in [-0.3, -0.25) is 9.78 Å². The van der Waals surface area contributed by atoms with Crippen molar-refractivity contribution in [1.29, 1.82) is 0 Å². The summed E-state index contributed by atoms with van der Waals surface area (Å²) in [6.45, 7) is 11.1. The predicted octanol–water partition coefficient (Wildman–Crippen LogP) is 5.95. The molecule has 4 heteroatoms. The van der Waals surface area contributed by atoms with Gasteiger partial charge in [0.25, 0.3) is 0 Å². The summed E-state index contributed by atoms with van der Waals surface area (Å²) in [5, 5.41) is 0. The maximum atomic E-state index is 9.97. The van der Waals surface area contributed by atoms with E-state index in [1.807, 2.05) is 0 Å². The summed E-state index contributed by atoms with van der Waals surface area (Å²) in [6.07, 6.45) is 7.32. The van der Waals surface area contributed by atoms with Crippen LogP contribution >= 0.6 is 0 Å². The summed E-state index contributed by atoms with van der Waals surface area (Å²) in [4.78, 5) is 18.5. The maximum Gasteiger partial charge on any atom is 0.151 e. The molecular weight excluding hydrogens is 418 g/mol. The Labute approximate surface area is 205 Å². The Bertz CT molecular complexity index is 1090. The van der Waals surface area contributed by atoms with Crippen LogP contribution in [-0.4, -0.2) is 54.3 Å². The standard InChI is InChI=1S/C24H32N2.C6H5NO/c1-18-7-6-8-22(15-18)24-10-9-21(16-19(24)2)17-20(3)26(5)23-11-13-25(4)14-12-23;8-5-6-2-1-3-7-4-6/h6-10,15-16,23H,3,11-14,17H2,1-2,4-5H3;1-5H. The van der Waals surface area contributed by atoms with Gasteiger partial charge in [-0.15, -0.1) is 0 Å². The van der Waals surface area contributed by atoms with Gasteiger partial charge in [0.05, 0.1) is 0 Å². The van der Waals surface area contributed by atoms with E-state index in [2.05, 4.69) is 91.8 Å². The van der Waals surface area contributed by atoms with Crippen molar-refractivity contribution >= 4 is 6.29 Å². The number of hydrogen-bond donors (Lipinski definition) is 0. The van der Waals surface area contributed by atoms with E-state index in [0.717, 1.165) is 12.7 Å². The lowest BCUT2D eigenvalue weighted by Crippen LogP contribution is -2.41. The average Bonchev–Trinajstić information content (AvgIpc) is 2.85. The summed E-state index contributed by atoms with van der Waals surface area (Å²) < 4.78 is 0. The van der Waals surface area contributed by atoms with Gasteiger partial charge in [-0.2, -0.15) is 0 Å². The number of aryl methyl sites for hydroxylation is 2. The van der Waals surface area contributed by atoms with Crippen molar-refractivity contribution in [3.63, 3.8) is 0 Å². The molecule has 2 aromatic carbocycles. The first kappa shape index (κ1) is 25.4. The molecule has 178 valence electrons. The Balaban J connectivity index is 0.000000343. The van der Waals surface area contributed by atoms with Gasteiger partial charge in [-0.1, -0.05) is 54.6 Å². The number of carbonyl (C=O) groups excluding carboxylic acids is 1. The number of aldehydes is 1. The van der Waals surface area contributed by atoms with Crippen LogP contribution in [-0.2, 0) is 6.42 Å². The summed E-state index contributed by atoms with van der Waals surface area (Å²) in [7, 11) is 4.43. The third kappa shape index (κ3) is 7.13. The Kier molecular flexibility index (Phi) is 9.17. The van der Waals surface area contributed by atoms with Gasteiger partial charge in [0.1, 0.15) is 0 Å². The van der Waals surface area contributed by atoms with Crippen LogP contribution in [0, 0.1) is 13.8 Å². The molecule has 1 saturated heterocycles. The molecule has 0 atom stereocenters. The zero-order chi connectivity index (χ0) is 24.5. The highest BCUT2D eigenvalue weighted by molar-refractivity contribution is 5.73. The quantitative estimate of drug-likeness (QED) is 0.431. The number of pyridine rings is 1. The molecule has 1 aliphatic heterocycles. The normalized spacial score (nSPS) is 14.1. The van der Waals surface area contributed by atoms with Crippen LogP contribution in [0.3, 0.4) is 0 Å². The number of rotatable bonds is 6. The van der Waals surface area contributed by atoms with Crippen LogP contribution in [0.2, 0.25) is 0 Å². The van der Waals surface area contributed by atoms with Crippen molar-refractivity contribution in [2.75, 3.05) is 27.2 Å². The van der Waals surface area contributed by atoms with E-state index >= 15 is 0 Å². The summed E-state index contributed by atoms with van der Waals surface area (Å²) >= 11 is 0. The second-order valence-electron chi connectivity index (χ2n) is 9.31. The molecule has 0 saturated carbocycles. The van der Waals surface area contributed by atoms with Crippen molar-refractivity contribution < 1.29 is 4.79 Å². The summed E-state index contributed by atoms with van der Waals surface area (Å²) in [5.41, 5.74) is 8.46. The molecule has 0 N–H and O–H groups in total. The highest BCUT2D eigenvalue weighted by Gasteiger charge is 2.21. The fourth-order valence-corrected chi connectivity index (χ4v) is 4.42. The van der Waals surface area contributed by atoms with Gasteiger partial charge >= 0.3 is 0 Å². The van der Waals surface area contributed by atoms with Crippen LogP contribution in [0.25, 0.3) is 11.1 Å². The first-order chi connectivity index (χ1) is 16.4. The molecule has 0 aliphatic carbocycles. The summed E-state index contributed by atoms with van der Waals surface area (Å²) in [6, 6.07) is 19.7. The topological polar surface area (TPSA) is 36.4 Å². The minimum Gasteiger partial charge on any atom is -0.375 e. The molecule has 0 amide bonds. The van der Waals surface area contributed by atoms with Crippen molar-refractivity contribution in [1.82, 2.24) is 14.8 Å². The molecule has 1 aromatic heterocycles. The van der Waals surface area contributed by atoms with Gasteiger partial charge < -0.3 is 9.80 Å². The van der Waals surface area contributed by atoms with Crippen molar-refractivity contribution in [3.8, 4) is 11.1 Å². The number of carbonyl (C=O) groups is 1. The molecule has 1 aliphatic rings. The molecule has 3 aromatic rings. The molecule has 0 spiro atoms. The molecule has 0 bridgehead atoms. The van der Waals surface area contributed by atoms with Crippen LogP contribution in [0.5, 0.6) is 0 Å². The number of aromatic nitrogens is 1. The minimum absolute atomic E-state index is 0.618. The zero-order valence-electron chi connectivity index (χ0n) is 21.0. The molecule has 34 heavy (non-hydrogen) atoms. The monoisotopic (exact) mass is 455 g/mol. The van der Waals surface area contributed by atoms with E-state index in [4.69, 9.17) is 0 Å². The van der Waals surface area contributed by atoms with Crippen LogP contribution in [0.4, 0.5) is 0 Å². The Morgan fingerprint density at radius 3 is 2.47 bits per heavy atom. The number of allylic oxidation sites excluding steroid dienone is 1. The third-order valence-corrected chi connectivity index (χ3v) is 6.58. The van der Waals surface area contributed by atoms with Gasteiger partial charge in [-0.25, -0.2) is 0 Å². The van der Waals surface area contributed by atoms with Crippen molar-refractivity contribution in [3.05, 3.63) is 102 Å². The molecule has 1 fully saturated rings. The zero-order valence-corrected chi connectivity index (χ0v) is 21.0. The van der Waals surface area contributed by atoms with Crippen LogP contribution in [0.15, 0.2) is 79.3 Å². The number of piperidine rings is 1. The van der Waals surface area contributed by atoms with Gasteiger partial charge in [0.2, 0.25) is 0 Å². The molecule has 4 nitrogen and oxygen atoms in total. The van der Waals surface area contributed by atoms with Crippen LogP contribution < -0.4 is 0 Å². The van der Waals surface area contributed by atoms with Crippen molar-refractivity contribution in [2.45, 2.75) is 39.2 Å².